The van der Waals surface area contributed by atoms with Crippen LogP contribution in [0.15, 0.2) is 47.1 Å². The molecule has 1 aliphatic carbocycles. The van der Waals surface area contributed by atoms with Crippen molar-refractivity contribution in [3.63, 3.8) is 0 Å². The van der Waals surface area contributed by atoms with E-state index in [1.54, 1.807) is 7.11 Å². The van der Waals surface area contributed by atoms with E-state index in [-0.39, 0.29) is 24.9 Å². The third-order valence-electron chi connectivity index (χ3n) is 9.89. The lowest BCUT2D eigenvalue weighted by atomic mass is 9.70. The van der Waals surface area contributed by atoms with E-state index in [4.69, 9.17) is 23.7 Å². The lowest BCUT2D eigenvalue weighted by Gasteiger charge is -2.50. The molecular weight excluding hydrogens is 520 g/mol. The van der Waals surface area contributed by atoms with Crippen molar-refractivity contribution in [1.29, 1.82) is 0 Å². The zero-order valence-electron chi connectivity index (χ0n) is 25.9. The van der Waals surface area contributed by atoms with E-state index in [1.807, 2.05) is 25.2 Å². The fourth-order valence-corrected chi connectivity index (χ4v) is 7.78. The van der Waals surface area contributed by atoms with Gasteiger partial charge in [0.1, 0.15) is 29.8 Å². The van der Waals surface area contributed by atoms with Gasteiger partial charge in [-0.25, -0.2) is 0 Å². The SMILES string of the molecule is CO[C@@H]1C(C)=C[C@@H]2C(=O)O[C@@H]3C[C@H](C/C=C(/C)C[C@@H](C)/C=C/C=C4/COC1[C@]42O)O[C@@]1(CC[C@H](C)C(C(C)C)O1)C3. The van der Waals surface area contributed by atoms with Gasteiger partial charge in [-0.05, 0) is 62.0 Å². The molecule has 5 rings (SSSR count). The molecule has 0 aromatic rings. The highest BCUT2D eigenvalue weighted by Crippen LogP contribution is 2.48. The second-order valence-corrected chi connectivity index (χ2v) is 13.6. The van der Waals surface area contributed by atoms with Crippen LogP contribution in [0.5, 0.6) is 0 Å². The fraction of sp³-hybridized carbons (Fsp3) is 0.735. The molecule has 0 radical (unpaired) electrons. The van der Waals surface area contributed by atoms with Crippen molar-refractivity contribution >= 4 is 5.97 Å². The Bertz CT molecular complexity index is 1100. The van der Waals surface area contributed by atoms with Crippen LogP contribution in [-0.4, -0.2) is 66.7 Å². The van der Waals surface area contributed by atoms with Crippen molar-refractivity contribution in [2.45, 2.75) is 122 Å². The number of hydrogen-bond donors (Lipinski definition) is 1. The molecule has 4 heterocycles. The molecule has 3 fully saturated rings. The normalized spacial score (nSPS) is 47.0. The van der Waals surface area contributed by atoms with Crippen molar-refractivity contribution in [3.8, 4) is 0 Å². The molecule has 41 heavy (non-hydrogen) atoms. The van der Waals surface area contributed by atoms with E-state index in [9.17, 15) is 9.90 Å². The first-order chi connectivity index (χ1) is 19.5. The zero-order chi connectivity index (χ0) is 29.5. The Kier molecular flexibility index (Phi) is 9.04. The second-order valence-electron chi connectivity index (χ2n) is 13.6. The number of hydrogen-bond acceptors (Lipinski definition) is 7. The maximum Gasteiger partial charge on any atom is 0.316 e. The minimum absolute atomic E-state index is 0.0846. The van der Waals surface area contributed by atoms with Crippen molar-refractivity contribution in [2.75, 3.05) is 13.7 Å². The minimum atomic E-state index is -1.56. The standard InChI is InChI=1S/C34H50O7/c1-20(2)29-23(5)13-14-33(41-29)18-27-17-26(40-33)12-11-22(4)15-21(3)9-8-10-25-19-38-31-30(37-7)24(6)16-28(32(35)39-27)34(25,31)36/h8-11,16,20-21,23,26-31,36H,12-15,17-19H2,1-7H3/b9-8+,22-11-,25-10-/t21-,23-,26-,27+,28+,29?,30+,31?,33+,34-/m0/s1. The molecule has 3 saturated heterocycles. The van der Waals surface area contributed by atoms with E-state index >= 15 is 0 Å². The van der Waals surface area contributed by atoms with Crippen LogP contribution >= 0.6 is 0 Å². The topological polar surface area (TPSA) is 83.5 Å². The van der Waals surface area contributed by atoms with Crippen molar-refractivity contribution < 1.29 is 33.6 Å². The highest BCUT2D eigenvalue weighted by atomic mass is 16.7. The first kappa shape index (κ1) is 30.7. The van der Waals surface area contributed by atoms with Crippen LogP contribution in [0.4, 0.5) is 0 Å². The molecule has 1 N–H and O–H groups in total. The van der Waals surface area contributed by atoms with Gasteiger partial charge in [0, 0.05) is 26.4 Å². The van der Waals surface area contributed by atoms with Crippen LogP contribution in [0.2, 0.25) is 0 Å². The predicted molar refractivity (Wildman–Crippen MR) is 157 cm³/mol. The fourth-order valence-electron chi connectivity index (χ4n) is 7.78. The summed E-state index contributed by atoms with van der Waals surface area (Å²) in [5, 5.41) is 12.3. The van der Waals surface area contributed by atoms with Gasteiger partial charge in [-0.15, -0.1) is 0 Å². The summed E-state index contributed by atoms with van der Waals surface area (Å²) in [5.41, 5.74) is 1.27. The Morgan fingerprint density at radius 1 is 1.15 bits per heavy atom. The molecule has 228 valence electrons. The molecule has 4 aliphatic heterocycles. The molecule has 0 amide bonds. The summed E-state index contributed by atoms with van der Waals surface area (Å²) in [7, 11) is 1.61. The number of rotatable bonds is 2. The highest BCUT2D eigenvalue weighted by Gasteiger charge is 2.60. The van der Waals surface area contributed by atoms with E-state index in [1.165, 1.54) is 5.57 Å². The minimum Gasteiger partial charge on any atom is -0.462 e. The lowest BCUT2D eigenvalue weighted by molar-refractivity contribution is -0.340. The van der Waals surface area contributed by atoms with Crippen LogP contribution in [0.3, 0.4) is 0 Å². The monoisotopic (exact) mass is 570 g/mol. The van der Waals surface area contributed by atoms with Crippen molar-refractivity contribution in [1.82, 2.24) is 0 Å². The number of allylic oxidation sites excluding steroid dienone is 4. The van der Waals surface area contributed by atoms with Gasteiger partial charge >= 0.3 is 5.97 Å². The van der Waals surface area contributed by atoms with Gasteiger partial charge in [-0.2, -0.15) is 0 Å². The first-order valence-electron chi connectivity index (χ1n) is 15.6. The van der Waals surface area contributed by atoms with Gasteiger partial charge in [0.25, 0.3) is 0 Å². The van der Waals surface area contributed by atoms with Gasteiger partial charge in [0.15, 0.2) is 5.79 Å². The highest BCUT2D eigenvalue weighted by molar-refractivity contribution is 5.78. The molecule has 10 atom stereocenters. The smallest absolute Gasteiger partial charge is 0.316 e. The molecule has 0 aromatic carbocycles. The number of methoxy groups -OCH3 is 1. The van der Waals surface area contributed by atoms with Crippen LogP contribution in [0.25, 0.3) is 0 Å². The van der Waals surface area contributed by atoms with Crippen LogP contribution < -0.4 is 0 Å². The van der Waals surface area contributed by atoms with Gasteiger partial charge < -0.3 is 28.8 Å². The predicted octanol–water partition coefficient (Wildman–Crippen LogP) is 5.82. The van der Waals surface area contributed by atoms with Crippen molar-refractivity contribution in [2.24, 2.45) is 23.7 Å². The Labute approximate surface area is 246 Å². The van der Waals surface area contributed by atoms with Crippen LogP contribution in [0.1, 0.15) is 80.1 Å². The average Bonchev–Trinajstić information content (AvgIpc) is 3.24. The molecule has 0 saturated carbocycles. The summed E-state index contributed by atoms with van der Waals surface area (Å²) < 4.78 is 31.7. The quantitative estimate of drug-likeness (QED) is 0.331. The van der Waals surface area contributed by atoms with E-state index in [2.05, 4.69) is 46.8 Å². The summed E-state index contributed by atoms with van der Waals surface area (Å²) in [6, 6.07) is 0. The Morgan fingerprint density at radius 3 is 2.66 bits per heavy atom. The molecule has 0 aromatic heterocycles. The maximum absolute atomic E-state index is 14.0. The molecule has 7 nitrogen and oxygen atoms in total. The van der Waals surface area contributed by atoms with E-state index in [0.29, 0.717) is 36.2 Å². The van der Waals surface area contributed by atoms with Gasteiger partial charge in [0.2, 0.25) is 0 Å². The second kappa shape index (κ2) is 12.1. The summed E-state index contributed by atoms with van der Waals surface area (Å²) in [6.45, 7) is 13.1. The summed E-state index contributed by atoms with van der Waals surface area (Å²) >= 11 is 0. The Hall–Kier alpha value is -1.77. The summed E-state index contributed by atoms with van der Waals surface area (Å²) in [6.07, 6.45) is 13.1. The van der Waals surface area contributed by atoms with E-state index in [0.717, 1.165) is 31.3 Å². The number of carbonyl (C=O) groups excluding carboxylic acids is 1. The lowest BCUT2D eigenvalue weighted by Crippen LogP contribution is -2.58. The zero-order valence-corrected chi connectivity index (χ0v) is 25.9. The third kappa shape index (κ3) is 6.03. The molecule has 2 bridgehead atoms. The van der Waals surface area contributed by atoms with Gasteiger partial charge in [-0.3, -0.25) is 4.79 Å². The molecule has 2 unspecified atom stereocenters. The summed E-state index contributed by atoms with van der Waals surface area (Å²) in [4.78, 5) is 14.0. The van der Waals surface area contributed by atoms with Crippen LogP contribution in [0, 0.1) is 23.7 Å². The maximum atomic E-state index is 14.0. The number of fused-ring (bicyclic) bond motifs is 2. The Balaban J connectivity index is 1.52. The summed E-state index contributed by atoms with van der Waals surface area (Å²) in [5.74, 6) is -1.01. The Morgan fingerprint density at radius 2 is 1.93 bits per heavy atom. The number of ether oxygens (including phenoxy) is 5. The number of aliphatic hydroxyl groups is 1. The average molecular weight is 571 g/mol. The largest absolute Gasteiger partial charge is 0.462 e. The van der Waals surface area contributed by atoms with Gasteiger partial charge in [-0.1, -0.05) is 63.6 Å². The van der Waals surface area contributed by atoms with Crippen molar-refractivity contribution in [3.05, 3.63) is 47.1 Å². The molecule has 7 heteroatoms. The first-order valence-corrected chi connectivity index (χ1v) is 15.6. The van der Waals surface area contributed by atoms with Gasteiger partial charge in [0.05, 0.1) is 18.8 Å². The number of esters is 1. The van der Waals surface area contributed by atoms with Crippen LogP contribution in [-0.2, 0) is 28.5 Å². The number of carbonyl (C=O) groups is 1. The third-order valence-corrected chi connectivity index (χ3v) is 9.89. The van der Waals surface area contributed by atoms with E-state index < -0.39 is 35.5 Å². The molecule has 5 aliphatic rings. The molecular formula is C34H50O7. The molecule has 1 spiro atoms.